The molecule has 6 nitrogen and oxygen atoms in total. The number of nitrogens with one attached hydrogen (secondary N) is 1. The van der Waals surface area contributed by atoms with Crippen LogP contribution in [0.2, 0.25) is 0 Å². The molecule has 0 aliphatic rings. The summed E-state index contributed by atoms with van der Waals surface area (Å²) in [6, 6.07) is -0.973. The van der Waals surface area contributed by atoms with Gasteiger partial charge in [-0.05, 0) is 44.9 Å². The summed E-state index contributed by atoms with van der Waals surface area (Å²) in [6.07, 6.45) is 34.1. The summed E-state index contributed by atoms with van der Waals surface area (Å²) in [4.78, 5) is 12.4. The van der Waals surface area contributed by atoms with E-state index in [2.05, 4.69) is 43.5 Å². The summed E-state index contributed by atoms with van der Waals surface area (Å²) < 4.78 is 32.3. The first-order valence-electron chi connectivity index (χ1n) is 17.0. The van der Waals surface area contributed by atoms with Crippen molar-refractivity contribution >= 4 is 16.0 Å². The Morgan fingerprint density at radius 2 is 1.10 bits per heavy atom. The van der Waals surface area contributed by atoms with Gasteiger partial charge in [-0.2, -0.15) is 8.42 Å². The lowest BCUT2D eigenvalue weighted by Gasteiger charge is -2.23. The van der Waals surface area contributed by atoms with Crippen molar-refractivity contribution in [3.63, 3.8) is 0 Å². The number of carbonyl (C=O) groups excluding carboxylic acids is 1. The molecule has 3 N–H and O–H groups in total. The number of unbranched alkanes of at least 4 members (excludes halogenated alkanes) is 18. The van der Waals surface area contributed by atoms with Gasteiger partial charge in [-0.1, -0.05) is 141 Å². The first-order valence-corrected chi connectivity index (χ1v) is 18.6. The molecule has 0 spiro atoms. The molecule has 0 aromatic carbocycles. The summed E-state index contributed by atoms with van der Waals surface area (Å²) >= 11 is 0. The van der Waals surface area contributed by atoms with E-state index in [1.54, 1.807) is 0 Å². The molecule has 0 aromatic rings. The van der Waals surface area contributed by atoms with Crippen molar-refractivity contribution in [2.75, 3.05) is 5.75 Å². The Morgan fingerprint density at radius 3 is 1.61 bits per heavy atom. The predicted octanol–water partition coefficient (Wildman–Crippen LogP) is 9.23. The zero-order chi connectivity index (χ0) is 30.4. The van der Waals surface area contributed by atoms with Crippen molar-refractivity contribution in [3.05, 3.63) is 24.3 Å². The lowest BCUT2D eigenvalue weighted by molar-refractivity contribution is -0.122. The number of hydrogen-bond acceptors (Lipinski definition) is 4. The Morgan fingerprint density at radius 1 is 0.659 bits per heavy atom. The van der Waals surface area contributed by atoms with E-state index in [9.17, 15) is 22.9 Å². The Kier molecular flexibility index (Phi) is 28.1. The molecule has 0 aromatic heterocycles. The van der Waals surface area contributed by atoms with Gasteiger partial charge in [-0.25, -0.2) is 0 Å². The van der Waals surface area contributed by atoms with Crippen LogP contribution in [0.4, 0.5) is 0 Å². The topological polar surface area (TPSA) is 104 Å². The van der Waals surface area contributed by atoms with E-state index in [1.807, 2.05) is 0 Å². The molecular weight excluding hydrogens is 534 g/mol. The van der Waals surface area contributed by atoms with Gasteiger partial charge in [-0.15, -0.1) is 0 Å². The minimum atomic E-state index is -4.30. The van der Waals surface area contributed by atoms with E-state index >= 15 is 0 Å². The number of amides is 1. The molecule has 2 atom stereocenters. The molecule has 41 heavy (non-hydrogen) atoms. The van der Waals surface area contributed by atoms with Crippen LogP contribution in [0, 0.1) is 0 Å². The summed E-state index contributed by atoms with van der Waals surface area (Å²) in [5.74, 6) is -0.915. The Bertz CT molecular complexity index is 750. The number of allylic oxidation sites excluding steroid dienone is 4. The quantitative estimate of drug-likeness (QED) is 0.0434. The summed E-state index contributed by atoms with van der Waals surface area (Å²) in [5, 5.41) is 13.2. The van der Waals surface area contributed by atoms with Gasteiger partial charge in [0.15, 0.2) is 0 Å². The maximum absolute atomic E-state index is 12.4. The fraction of sp³-hybridized carbons (Fsp3) is 0.853. The standard InChI is InChI=1S/C34H65NO5S/c1-3-5-7-9-11-13-15-16-17-18-19-20-22-24-26-28-30-34(37)35-32(31-41(38,39)40)33(36)29-27-25-23-21-14-12-10-8-6-4-2/h13,15,17-18,32-33,36H,3-12,14,16,19-31H2,1-2H3,(H,35,37)(H,38,39,40)/b15-13-,18-17-. The Balaban J connectivity index is 3.98. The van der Waals surface area contributed by atoms with Crippen molar-refractivity contribution in [2.24, 2.45) is 0 Å². The molecule has 0 rings (SSSR count). The molecule has 0 aliphatic heterocycles. The van der Waals surface area contributed by atoms with Crippen LogP contribution in [0.25, 0.3) is 0 Å². The van der Waals surface area contributed by atoms with Crippen LogP contribution in [0.3, 0.4) is 0 Å². The molecule has 0 bridgehead atoms. The second-order valence-electron chi connectivity index (χ2n) is 11.8. The van der Waals surface area contributed by atoms with E-state index in [1.165, 1.54) is 77.0 Å². The first-order chi connectivity index (χ1) is 19.8. The van der Waals surface area contributed by atoms with E-state index in [4.69, 9.17) is 0 Å². The van der Waals surface area contributed by atoms with Crippen LogP contribution in [0.15, 0.2) is 24.3 Å². The van der Waals surface area contributed by atoms with Crippen molar-refractivity contribution in [2.45, 2.75) is 180 Å². The minimum Gasteiger partial charge on any atom is -0.391 e. The fourth-order valence-electron chi connectivity index (χ4n) is 5.07. The first kappa shape index (κ1) is 39.8. The minimum absolute atomic E-state index is 0.262. The normalized spacial score (nSPS) is 13.8. The van der Waals surface area contributed by atoms with Crippen LogP contribution >= 0.6 is 0 Å². The Hall–Kier alpha value is -1.18. The van der Waals surface area contributed by atoms with Gasteiger partial charge in [0.1, 0.15) is 0 Å². The molecule has 0 fully saturated rings. The molecule has 242 valence electrons. The fourth-order valence-corrected chi connectivity index (χ4v) is 5.83. The molecule has 2 unspecified atom stereocenters. The second kappa shape index (κ2) is 28.9. The van der Waals surface area contributed by atoms with Crippen LogP contribution < -0.4 is 5.32 Å². The Labute approximate surface area is 254 Å². The SMILES string of the molecule is CCCCCC/C=C\C/C=C\CCCCCCCC(=O)NC(CS(=O)(=O)O)C(O)CCCCCCCCCCCC. The van der Waals surface area contributed by atoms with Crippen LogP contribution in [0.1, 0.15) is 168 Å². The van der Waals surface area contributed by atoms with Gasteiger partial charge in [0, 0.05) is 6.42 Å². The molecule has 7 heteroatoms. The van der Waals surface area contributed by atoms with Gasteiger partial charge in [0.05, 0.1) is 17.9 Å². The molecule has 0 heterocycles. The zero-order valence-electron chi connectivity index (χ0n) is 26.7. The third-order valence-electron chi connectivity index (χ3n) is 7.66. The van der Waals surface area contributed by atoms with Gasteiger partial charge in [0.2, 0.25) is 5.91 Å². The van der Waals surface area contributed by atoms with Gasteiger partial charge < -0.3 is 10.4 Å². The molecule has 0 saturated heterocycles. The van der Waals surface area contributed by atoms with E-state index < -0.39 is 28.0 Å². The van der Waals surface area contributed by atoms with Gasteiger partial charge >= 0.3 is 0 Å². The second-order valence-corrected chi connectivity index (χ2v) is 13.3. The third-order valence-corrected chi connectivity index (χ3v) is 8.44. The zero-order valence-corrected chi connectivity index (χ0v) is 27.5. The molecule has 0 radical (unpaired) electrons. The maximum Gasteiger partial charge on any atom is 0.266 e. The van der Waals surface area contributed by atoms with Crippen molar-refractivity contribution in [1.29, 1.82) is 0 Å². The smallest absolute Gasteiger partial charge is 0.266 e. The third kappa shape index (κ3) is 30.1. The van der Waals surface area contributed by atoms with Gasteiger partial charge in [0.25, 0.3) is 10.1 Å². The summed E-state index contributed by atoms with van der Waals surface area (Å²) in [7, 11) is -4.30. The monoisotopic (exact) mass is 599 g/mol. The van der Waals surface area contributed by atoms with Crippen LogP contribution in [0.5, 0.6) is 0 Å². The van der Waals surface area contributed by atoms with E-state index in [0.29, 0.717) is 12.8 Å². The average molecular weight is 600 g/mol. The number of aliphatic hydroxyl groups is 1. The molecular formula is C34H65NO5S. The maximum atomic E-state index is 12.4. The summed E-state index contributed by atoms with van der Waals surface area (Å²) in [6.45, 7) is 4.46. The number of carbonyl (C=O) groups is 1. The van der Waals surface area contributed by atoms with E-state index in [-0.39, 0.29) is 5.91 Å². The van der Waals surface area contributed by atoms with Crippen LogP contribution in [-0.4, -0.2) is 41.9 Å². The predicted molar refractivity (Wildman–Crippen MR) is 175 cm³/mol. The lowest BCUT2D eigenvalue weighted by Crippen LogP contribution is -2.47. The molecule has 0 aliphatic carbocycles. The molecule has 1 amide bonds. The van der Waals surface area contributed by atoms with E-state index in [0.717, 1.165) is 64.2 Å². The van der Waals surface area contributed by atoms with Crippen LogP contribution in [-0.2, 0) is 14.9 Å². The highest BCUT2D eigenvalue weighted by atomic mass is 32.2. The average Bonchev–Trinajstić information content (AvgIpc) is 2.92. The highest BCUT2D eigenvalue weighted by Crippen LogP contribution is 2.14. The largest absolute Gasteiger partial charge is 0.391 e. The van der Waals surface area contributed by atoms with Crippen molar-refractivity contribution < 1.29 is 22.9 Å². The number of hydrogen-bond donors (Lipinski definition) is 3. The lowest BCUT2D eigenvalue weighted by atomic mass is 10.0. The van der Waals surface area contributed by atoms with Crippen molar-refractivity contribution in [1.82, 2.24) is 5.32 Å². The highest BCUT2D eigenvalue weighted by Gasteiger charge is 2.26. The number of aliphatic hydroxyl groups excluding tert-OH is 1. The summed E-state index contributed by atoms with van der Waals surface area (Å²) in [5.41, 5.74) is 0. The highest BCUT2D eigenvalue weighted by molar-refractivity contribution is 7.85. The molecule has 0 saturated carbocycles. The van der Waals surface area contributed by atoms with Gasteiger partial charge in [-0.3, -0.25) is 9.35 Å². The number of rotatable bonds is 30. The van der Waals surface area contributed by atoms with Crippen molar-refractivity contribution in [3.8, 4) is 0 Å².